The molecular weight excluding hydrogens is 511 g/mol. The molecule has 1 aliphatic rings. The van der Waals surface area contributed by atoms with Gasteiger partial charge in [0.1, 0.15) is 17.5 Å². The number of hydrogen-bond donors (Lipinski definition) is 1. The maximum Gasteiger partial charge on any atom is 0.416 e. The SMILES string of the molecule is O=C(O)CC[C@H]1CN(S(=O)(=O)c2cccc(C(F)(F)F)c2)c2cc(-c3cccc4nccn34)ccc2O1. The third kappa shape index (κ3) is 4.71. The van der Waals surface area contributed by atoms with Crippen LogP contribution in [0.25, 0.3) is 16.9 Å². The number of sulfonamides is 1. The lowest BCUT2D eigenvalue weighted by Gasteiger charge is -2.35. The normalized spacial score (nSPS) is 15.9. The minimum absolute atomic E-state index is 0.0134. The van der Waals surface area contributed by atoms with E-state index in [-0.39, 0.29) is 30.8 Å². The van der Waals surface area contributed by atoms with Gasteiger partial charge in [0.2, 0.25) is 0 Å². The van der Waals surface area contributed by atoms with E-state index in [4.69, 9.17) is 9.84 Å². The molecule has 0 spiro atoms. The molecule has 2 aromatic carbocycles. The summed E-state index contributed by atoms with van der Waals surface area (Å²) in [7, 11) is -4.47. The zero-order chi connectivity index (χ0) is 26.4. The highest BCUT2D eigenvalue weighted by Crippen LogP contribution is 2.41. The van der Waals surface area contributed by atoms with Crippen LogP contribution in [0.3, 0.4) is 0 Å². The Bertz CT molecular complexity index is 1600. The van der Waals surface area contributed by atoms with Crippen LogP contribution in [-0.2, 0) is 21.0 Å². The average molecular weight is 532 g/mol. The lowest BCUT2D eigenvalue weighted by molar-refractivity contribution is -0.138. The van der Waals surface area contributed by atoms with Crippen LogP contribution in [0.15, 0.2) is 78.0 Å². The van der Waals surface area contributed by atoms with Crippen LogP contribution in [-0.4, -0.2) is 41.5 Å². The van der Waals surface area contributed by atoms with Crippen LogP contribution in [0.5, 0.6) is 5.75 Å². The Morgan fingerprint density at radius 1 is 1.11 bits per heavy atom. The molecule has 5 rings (SSSR count). The van der Waals surface area contributed by atoms with Gasteiger partial charge in [-0.25, -0.2) is 13.4 Å². The van der Waals surface area contributed by atoms with Crippen molar-refractivity contribution in [1.29, 1.82) is 0 Å². The number of alkyl halides is 3. The number of anilines is 1. The summed E-state index contributed by atoms with van der Waals surface area (Å²) in [6.45, 7) is -0.266. The third-order valence-electron chi connectivity index (χ3n) is 6.04. The fourth-order valence-electron chi connectivity index (χ4n) is 4.28. The maximum absolute atomic E-state index is 13.7. The molecule has 2 aromatic heterocycles. The van der Waals surface area contributed by atoms with Gasteiger partial charge in [0, 0.05) is 24.4 Å². The number of carbonyl (C=O) groups is 1. The number of imidazole rings is 1. The Kier molecular flexibility index (Phi) is 6.06. The van der Waals surface area contributed by atoms with Crippen molar-refractivity contribution in [3.05, 3.63) is 78.6 Å². The predicted molar refractivity (Wildman–Crippen MR) is 128 cm³/mol. The second-order valence-electron chi connectivity index (χ2n) is 8.48. The molecule has 0 unspecified atom stereocenters. The predicted octanol–water partition coefficient (Wildman–Crippen LogP) is 4.84. The first-order valence-corrected chi connectivity index (χ1v) is 12.6. The molecule has 0 fully saturated rings. The highest BCUT2D eigenvalue weighted by Gasteiger charge is 2.37. The molecule has 0 saturated carbocycles. The summed E-state index contributed by atoms with van der Waals surface area (Å²) in [6, 6.07) is 13.8. The second kappa shape index (κ2) is 9.11. The topological polar surface area (TPSA) is 101 Å². The highest BCUT2D eigenvalue weighted by molar-refractivity contribution is 7.92. The number of aliphatic carboxylic acids is 1. The van der Waals surface area contributed by atoms with Crippen molar-refractivity contribution in [1.82, 2.24) is 9.38 Å². The Labute approximate surface area is 209 Å². The van der Waals surface area contributed by atoms with E-state index in [0.717, 1.165) is 22.5 Å². The number of hydrogen-bond acceptors (Lipinski definition) is 5. The van der Waals surface area contributed by atoms with Crippen LogP contribution >= 0.6 is 0 Å². The molecule has 1 aliphatic heterocycles. The fourth-order valence-corrected chi connectivity index (χ4v) is 5.82. The lowest BCUT2D eigenvalue weighted by atomic mass is 10.1. The smallest absolute Gasteiger partial charge is 0.416 e. The first-order chi connectivity index (χ1) is 17.5. The van der Waals surface area contributed by atoms with Crippen molar-refractivity contribution >= 4 is 27.3 Å². The molecule has 4 aromatic rings. The summed E-state index contributed by atoms with van der Waals surface area (Å²) >= 11 is 0. The van der Waals surface area contributed by atoms with Crippen molar-refractivity contribution < 1.29 is 36.2 Å². The first-order valence-electron chi connectivity index (χ1n) is 11.2. The van der Waals surface area contributed by atoms with E-state index in [1.54, 1.807) is 36.7 Å². The largest absolute Gasteiger partial charge is 0.486 e. The van der Waals surface area contributed by atoms with Gasteiger partial charge in [0.25, 0.3) is 10.0 Å². The molecule has 192 valence electrons. The Balaban J connectivity index is 1.62. The van der Waals surface area contributed by atoms with Crippen LogP contribution in [0, 0.1) is 0 Å². The van der Waals surface area contributed by atoms with Crippen LogP contribution in [0.2, 0.25) is 0 Å². The van der Waals surface area contributed by atoms with Crippen LogP contribution < -0.4 is 9.04 Å². The van der Waals surface area contributed by atoms with Gasteiger partial charge < -0.3 is 9.84 Å². The fraction of sp³-hybridized carbons (Fsp3) is 0.200. The molecule has 8 nitrogen and oxygen atoms in total. The number of fused-ring (bicyclic) bond motifs is 2. The van der Waals surface area contributed by atoms with Gasteiger partial charge >= 0.3 is 12.1 Å². The van der Waals surface area contributed by atoms with E-state index in [0.29, 0.717) is 23.0 Å². The summed E-state index contributed by atoms with van der Waals surface area (Å²) in [6.07, 6.45) is -2.42. The average Bonchev–Trinajstić information content (AvgIpc) is 3.35. The van der Waals surface area contributed by atoms with Crippen LogP contribution in [0.4, 0.5) is 18.9 Å². The number of ether oxygens (including phenoxy) is 1. The van der Waals surface area contributed by atoms with Gasteiger partial charge in [0.15, 0.2) is 0 Å². The minimum Gasteiger partial charge on any atom is -0.486 e. The molecule has 0 amide bonds. The molecule has 0 bridgehead atoms. The number of nitrogens with zero attached hydrogens (tertiary/aromatic N) is 3. The zero-order valence-electron chi connectivity index (χ0n) is 19.1. The van der Waals surface area contributed by atoms with E-state index in [2.05, 4.69) is 4.98 Å². The molecule has 12 heteroatoms. The van der Waals surface area contributed by atoms with E-state index in [9.17, 15) is 26.4 Å². The van der Waals surface area contributed by atoms with Gasteiger partial charge in [0.05, 0.1) is 28.4 Å². The second-order valence-corrected chi connectivity index (χ2v) is 10.3. The molecule has 0 saturated heterocycles. The third-order valence-corrected chi connectivity index (χ3v) is 7.82. The van der Waals surface area contributed by atoms with Crippen LogP contribution in [0.1, 0.15) is 18.4 Å². The maximum atomic E-state index is 13.7. The first kappa shape index (κ1) is 24.6. The van der Waals surface area contributed by atoms with Gasteiger partial charge in [-0.05, 0) is 55.0 Å². The minimum atomic E-state index is -4.73. The number of aromatic nitrogens is 2. The lowest BCUT2D eigenvalue weighted by Crippen LogP contribution is -2.43. The van der Waals surface area contributed by atoms with Crippen molar-refractivity contribution in [3.63, 3.8) is 0 Å². The van der Waals surface area contributed by atoms with E-state index in [1.165, 1.54) is 0 Å². The summed E-state index contributed by atoms with van der Waals surface area (Å²) < 4.78 is 76.1. The summed E-state index contributed by atoms with van der Waals surface area (Å²) in [5, 5.41) is 9.08. The molecule has 0 radical (unpaired) electrons. The van der Waals surface area contributed by atoms with Crippen molar-refractivity contribution in [3.8, 4) is 17.0 Å². The number of carboxylic acids is 1. The Morgan fingerprint density at radius 3 is 2.65 bits per heavy atom. The molecular formula is C25H20F3N3O5S. The summed E-state index contributed by atoms with van der Waals surface area (Å²) in [5.41, 5.74) is 1.05. The molecule has 1 atom stereocenters. The molecule has 3 heterocycles. The number of benzene rings is 2. The number of halogens is 3. The Hall–Kier alpha value is -4.06. The van der Waals surface area contributed by atoms with Gasteiger partial charge in [-0.15, -0.1) is 0 Å². The van der Waals surface area contributed by atoms with Gasteiger partial charge in [-0.1, -0.05) is 12.1 Å². The Morgan fingerprint density at radius 2 is 1.89 bits per heavy atom. The van der Waals surface area contributed by atoms with E-state index >= 15 is 0 Å². The van der Waals surface area contributed by atoms with E-state index in [1.807, 2.05) is 16.5 Å². The van der Waals surface area contributed by atoms with Crippen molar-refractivity contribution in [2.75, 3.05) is 10.8 Å². The number of carboxylic acid groups (broad SMARTS) is 1. The number of rotatable bonds is 6. The molecule has 1 N–H and O–H groups in total. The highest BCUT2D eigenvalue weighted by atomic mass is 32.2. The summed E-state index contributed by atoms with van der Waals surface area (Å²) in [5.74, 6) is -0.899. The zero-order valence-corrected chi connectivity index (χ0v) is 19.9. The summed E-state index contributed by atoms with van der Waals surface area (Å²) in [4.78, 5) is 14.8. The van der Waals surface area contributed by atoms with E-state index < -0.39 is 38.7 Å². The monoisotopic (exact) mass is 531 g/mol. The standard InChI is InChI=1S/C25H20F3N3O5S/c26-25(27,28)17-3-1-4-19(14-17)37(34,35)31-15-18(8-10-24(32)33)36-22-9-7-16(13-21(22)31)20-5-2-6-23-29-11-12-30(20)23/h1-7,9,11-14,18H,8,10,15H2,(H,32,33)/t18-/m0/s1. The van der Waals surface area contributed by atoms with Gasteiger partial charge in [-0.3, -0.25) is 13.5 Å². The van der Waals surface area contributed by atoms with Crippen molar-refractivity contribution in [2.24, 2.45) is 0 Å². The van der Waals surface area contributed by atoms with Gasteiger partial charge in [-0.2, -0.15) is 13.2 Å². The molecule has 0 aliphatic carbocycles. The quantitative estimate of drug-likeness (QED) is 0.382. The van der Waals surface area contributed by atoms with Crippen molar-refractivity contribution in [2.45, 2.75) is 30.0 Å². The molecule has 37 heavy (non-hydrogen) atoms. The number of pyridine rings is 1.